The summed E-state index contributed by atoms with van der Waals surface area (Å²) in [6, 6.07) is 6.30. The van der Waals surface area contributed by atoms with Crippen molar-refractivity contribution in [3.63, 3.8) is 0 Å². The maximum Gasteiger partial charge on any atom is 0.346 e. The average molecular weight is 290 g/mol. The molecule has 1 aliphatic rings. The Morgan fingerprint density at radius 3 is 2.60 bits per heavy atom. The summed E-state index contributed by atoms with van der Waals surface area (Å²) in [5.74, 6) is -0.829. The second kappa shape index (κ2) is 5.07. The molecule has 1 aromatic heterocycles. The first-order valence-corrected chi connectivity index (χ1v) is 7.58. The summed E-state index contributed by atoms with van der Waals surface area (Å²) in [4.78, 5) is 16.4. The first-order chi connectivity index (χ1) is 9.56. The van der Waals surface area contributed by atoms with E-state index in [1.807, 2.05) is 6.92 Å². The molecule has 1 fully saturated rings. The number of thiophene rings is 1. The molecule has 20 heavy (non-hydrogen) atoms. The van der Waals surface area contributed by atoms with E-state index < -0.39 is 5.97 Å². The molecule has 5 heteroatoms. The van der Waals surface area contributed by atoms with Crippen LogP contribution in [0.4, 0.5) is 5.69 Å². The van der Waals surface area contributed by atoms with Crippen molar-refractivity contribution in [2.75, 3.05) is 38.1 Å². The van der Waals surface area contributed by atoms with Gasteiger partial charge in [-0.25, -0.2) is 4.79 Å². The Kier molecular flexibility index (Phi) is 3.40. The van der Waals surface area contributed by atoms with Gasteiger partial charge in [-0.1, -0.05) is 6.07 Å². The summed E-state index contributed by atoms with van der Waals surface area (Å²) < 4.78 is 1.07. The van der Waals surface area contributed by atoms with Gasteiger partial charge in [0.1, 0.15) is 4.88 Å². The van der Waals surface area contributed by atoms with E-state index in [0.29, 0.717) is 4.88 Å². The van der Waals surface area contributed by atoms with Crippen molar-refractivity contribution < 1.29 is 9.90 Å². The number of hydrogen-bond acceptors (Lipinski definition) is 4. The van der Waals surface area contributed by atoms with Crippen molar-refractivity contribution in [3.05, 3.63) is 28.6 Å². The van der Waals surface area contributed by atoms with Gasteiger partial charge in [-0.3, -0.25) is 0 Å². The number of carboxylic acids is 1. The highest BCUT2D eigenvalue weighted by Gasteiger charge is 2.17. The standard InChI is InChI=1S/C15H18N2O2S/c1-10-12-4-3-11(17-7-5-16(2)6-8-17)9-13(12)20-14(10)15(18)19/h3-4,9H,5-8H2,1-2H3,(H,18,19). The molecule has 106 valence electrons. The van der Waals surface area contributed by atoms with Crippen LogP contribution in [0.3, 0.4) is 0 Å². The van der Waals surface area contributed by atoms with Crippen LogP contribution in [-0.2, 0) is 0 Å². The molecule has 2 heterocycles. The number of aromatic carboxylic acids is 1. The Morgan fingerprint density at radius 2 is 1.95 bits per heavy atom. The van der Waals surface area contributed by atoms with Gasteiger partial charge in [-0.05, 0) is 37.1 Å². The van der Waals surface area contributed by atoms with Gasteiger partial charge < -0.3 is 14.9 Å². The predicted octanol–water partition coefficient (Wildman–Crippen LogP) is 2.66. The molecule has 1 aliphatic heterocycles. The summed E-state index contributed by atoms with van der Waals surface area (Å²) in [5.41, 5.74) is 2.08. The molecule has 4 nitrogen and oxygen atoms in total. The first kappa shape index (κ1) is 13.4. The zero-order valence-electron chi connectivity index (χ0n) is 11.7. The van der Waals surface area contributed by atoms with Crippen molar-refractivity contribution in [1.29, 1.82) is 0 Å². The molecule has 1 saturated heterocycles. The van der Waals surface area contributed by atoms with E-state index in [1.54, 1.807) is 0 Å². The molecule has 1 aromatic carbocycles. The van der Waals surface area contributed by atoms with Crippen LogP contribution < -0.4 is 4.90 Å². The Labute approximate surface area is 122 Å². The fraction of sp³-hybridized carbons (Fsp3) is 0.400. The van der Waals surface area contributed by atoms with Crippen molar-refractivity contribution in [2.45, 2.75) is 6.92 Å². The van der Waals surface area contributed by atoms with E-state index in [1.165, 1.54) is 17.0 Å². The normalized spacial score (nSPS) is 16.8. The number of aryl methyl sites for hydroxylation is 1. The summed E-state index contributed by atoms with van der Waals surface area (Å²) in [6.07, 6.45) is 0. The fourth-order valence-electron chi connectivity index (χ4n) is 2.68. The first-order valence-electron chi connectivity index (χ1n) is 6.76. The predicted molar refractivity (Wildman–Crippen MR) is 83.2 cm³/mol. The second-order valence-corrected chi connectivity index (χ2v) is 6.38. The molecule has 0 radical (unpaired) electrons. The molecule has 0 spiro atoms. The van der Waals surface area contributed by atoms with Crippen LogP contribution in [0.25, 0.3) is 10.1 Å². The van der Waals surface area contributed by atoms with Gasteiger partial charge in [0.2, 0.25) is 0 Å². The van der Waals surface area contributed by atoms with Gasteiger partial charge in [0.15, 0.2) is 0 Å². The third kappa shape index (κ3) is 2.27. The molecule has 0 saturated carbocycles. The molecule has 3 rings (SSSR count). The fourth-order valence-corrected chi connectivity index (χ4v) is 3.76. The molecule has 0 aliphatic carbocycles. The summed E-state index contributed by atoms with van der Waals surface area (Å²) in [6.45, 7) is 6.08. The van der Waals surface area contributed by atoms with Crippen LogP contribution in [0.1, 0.15) is 15.2 Å². The largest absolute Gasteiger partial charge is 0.477 e. The van der Waals surface area contributed by atoms with E-state index in [-0.39, 0.29) is 0 Å². The van der Waals surface area contributed by atoms with Gasteiger partial charge >= 0.3 is 5.97 Å². The minimum absolute atomic E-state index is 0.454. The van der Waals surface area contributed by atoms with Crippen molar-refractivity contribution in [2.24, 2.45) is 0 Å². The molecular formula is C15H18N2O2S. The smallest absolute Gasteiger partial charge is 0.346 e. The lowest BCUT2D eigenvalue weighted by Gasteiger charge is -2.34. The number of fused-ring (bicyclic) bond motifs is 1. The number of hydrogen-bond donors (Lipinski definition) is 1. The maximum atomic E-state index is 11.2. The van der Waals surface area contributed by atoms with E-state index >= 15 is 0 Å². The molecule has 0 atom stereocenters. The SMILES string of the molecule is Cc1c(C(=O)O)sc2cc(N3CCN(C)CC3)ccc12. The molecule has 0 unspecified atom stereocenters. The van der Waals surface area contributed by atoms with Gasteiger partial charge in [0.25, 0.3) is 0 Å². The maximum absolute atomic E-state index is 11.2. The summed E-state index contributed by atoms with van der Waals surface area (Å²) >= 11 is 1.37. The number of benzene rings is 1. The third-order valence-electron chi connectivity index (χ3n) is 3.98. The molecule has 0 amide bonds. The van der Waals surface area contributed by atoms with Crippen LogP contribution in [0.5, 0.6) is 0 Å². The number of anilines is 1. The van der Waals surface area contributed by atoms with E-state index in [2.05, 4.69) is 35.0 Å². The number of piperazine rings is 1. The minimum atomic E-state index is -0.829. The number of rotatable bonds is 2. The summed E-state index contributed by atoms with van der Waals surface area (Å²) in [5, 5.41) is 10.3. The van der Waals surface area contributed by atoms with Crippen molar-refractivity contribution in [1.82, 2.24) is 4.90 Å². The third-order valence-corrected chi connectivity index (χ3v) is 5.23. The van der Waals surface area contributed by atoms with Crippen molar-refractivity contribution in [3.8, 4) is 0 Å². The Hall–Kier alpha value is -1.59. The van der Waals surface area contributed by atoms with Crippen molar-refractivity contribution >= 4 is 33.1 Å². The van der Waals surface area contributed by atoms with Gasteiger partial charge in [0.05, 0.1) is 0 Å². The zero-order chi connectivity index (χ0) is 14.3. The highest BCUT2D eigenvalue weighted by molar-refractivity contribution is 7.21. The number of carbonyl (C=O) groups is 1. The van der Waals surface area contributed by atoms with Crippen LogP contribution in [-0.4, -0.2) is 49.2 Å². The van der Waals surface area contributed by atoms with Crippen LogP contribution >= 0.6 is 11.3 Å². The highest BCUT2D eigenvalue weighted by Crippen LogP contribution is 2.33. The topological polar surface area (TPSA) is 43.8 Å². The van der Waals surface area contributed by atoms with E-state index in [9.17, 15) is 9.90 Å². The lowest BCUT2D eigenvalue weighted by Crippen LogP contribution is -2.44. The monoisotopic (exact) mass is 290 g/mol. The highest BCUT2D eigenvalue weighted by atomic mass is 32.1. The molecule has 1 N–H and O–H groups in total. The van der Waals surface area contributed by atoms with Crippen LogP contribution in [0, 0.1) is 6.92 Å². The number of carboxylic acid groups (broad SMARTS) is 1. The van der Waals surface area contributed by atoms with Gasteiger partial charge in [-0.2, -0.15) is 0 Å². The lowest BCUT2D eigenvalue weighted by atomic mass is 10.1. The van der Waals surface area contributed by atoms with Gasteiger partial charge in [0, 0.05) is 36.6 Å². The quantitative estimate of drug-likeness (QED) is 0.923. The zero-order valence-corrected chi connectivity index (χ0v) is 12.5. The molecule has 0 bridgehead atoms. The summed E-state index contributed by atoms with van der Waals surface area (Å²) in [7, 11) is 2.14. The minimum Gasteiger partial charge on any atom is -0.477 e. The van der Waals surface area contributed by atoms with Crippen LogP contribution in [0.2, 0.25) is 0 Å². The molecule has 2 aromatic rings. The van der Waals surface area contributed by atoms with Gasteiger partial charge in [-0.15, -0.1) is 11.3 Å². The van der Waals surface area contributed by atoms with Crippen LogP contribution in [0.15, 0.2) is 18.2 Å². The Balaban J connectivity index is 1.96. The van der Waals surface area contributed by atoms with E-state index in [0.717, 1.165) is 41.8 Å². The number of likely N-dealkylation sites (N-methyl/N-ethyl adjacent to an activating group) is 1. The Bertz CT molecular complexity index is 657. The second-order valence-electron chi connectivity index (χ2n) is 5.33. The lowest BCUT2D eigenvalue weighted by molar-refractivity contribution is 0.0701. The molecular weight excluding hydrogens is 272 g/mol. The Morgan fingerprint density at radius 1 is 1.25 bits per heavy atom. The van der Waals surface area contributed by atoms with E-state index in [4.69, 9.17) is 0 Å². The number of nitrogens with zero attached hydrogens (tertiary/aromatic N) is 2. The average Bonchev–Trinajstić information content (AvgIpc) is 2.77.